The van der Waals surface area contributed by atoms with Gasteiger partial charge in [0.25, 0.3) is 5.91 Å². The Balaban J connectivity index is 1.46. The maximum absolute atomic E-state index is 12.7. The molecule has 2 atom stereocenters. The van der Waals surface area contributed by atoms with Gasteiger partial charge in [-0.2, -0.15) is 0 Å². The highest BCUT2D eigenvalue weighted by Gasteiger charge is 2.43. The highest BCUT2D eigenvalue weighted by atomic mass is 35.5. The number of halogens is 1. The molecule has 0 saturated heterocycles. The number of thiazole rings is 1. The number of carbonyl (C=O) groups is 2. The van der Waals surface area contributed by atoms with Crippen LogP contribution in [-0.2, 0) is 4.79 Å². The third kappa shape index (κ3) is 4.48. The van der Waals surface area contributed by atoms with E-state index in [0.717, 1.165) is 28.7 Å². The molecule has 8 heteroatoms. The first-order valence-corrected chi connectivity index (χ1v) is 10.9. The lowest BCUT2D eigenvalue weighted by Gasteiger charge is -2.10. The van der Waals surface area contributed by atoms with Gasteiger partial charge in [-0.1, -0.05) is 35.1 Å². The average molecular weight is 443 g/mol. The van der Waals surface area contributed by atoms with E-state index in [1.165, 1.54) is 11.3 Å². The Kier molecular flexibility index (Phi) is 5.77. The van der Waals surface area contributed by atoms with Crippen molar-refractivity contribution in [3.63, 3.8) is 0 Å². The van der Waals surface area contributed by atoms with E-state index >= 15 is 0 Å². The van der Waals surface area contributed by atoms with E-state index in [1.54, 1.807) is 24.3 Å². The van der Waals surface area contributed by atoms with Crippen molar-refractivity contribution in [1.82, 2.24) is 9.88 Å². The molecule has 0 radical (unpaired) electrons. The Labute approximate surface area is 184 Å². The van der Waals surface area contributed by atoms with Gasteiger partial charge in [0.15, 0.2) is 5.13 Å². The number of para-hydroxylation sites is 1. The molecule has 1 aromatic heterocycles. The van der Waals surface area contributed by atoms with Gasteiger partial charge < -0.3 is 15.5 Å². The zero-order valence-corrected chi connectivity index (χ0v) is 18.6. The van der Waals surface area contributed by atoms with Crippen LogP contribution in [0.3, 0.4) is 0 Å². The first-order valence-electron chi connectivity index (χ1n) is 9.74. The fraction of sp³-hybridized carbons (Fsp3) is 0.318. The summed E-state index contributed by atoms with van der Waals surface area (Å²) in [7, 11) is 4.03. The molecule has 156 valence electrons. The SMILES string of the molecule is Cc1cccc(Cl)c1NC(=O)c1ccc2nc(NC(=O)[C@H]3C[C@@H]3CN(C)C)sc2c1. The van der Waals surface area contributed by atoms with E-state index in [9.17, 15) is 9.59 Å². The number of nitrogens with zero attached hydrogens (tertiary/aromatic N) is 2. The minimum absolute atomic E-state index is 0.0214. The first-order chi connectivity index (χ1) is 14.3. The minimum Gasteiger partial charge on any atom is -0.320 e. The maximum atomic E-state index is 12.7. The van der Waals surface area contributed by atoms with Crippen LogP contribution in [0, 0.1) is 18.8 Å². The molecule has 2 N–H and O–H groups in total. The van der Waals surface area contributed by atoms with Crippen LogP contribution in [0.2, 0.25) is 5.02 Å². The van der Waals surface area contributed by atoms with Crippen LogP contribution < -0.4 is 10.6 Å². The molecule has 4 rings (SSSR count). The summed E-state index contributed by atoms with van der Waals surface area (Å²) in [5, 5.41) is 6.87. The van der Waals surface area contributed by atoms with Crippen molar-refractivity contribution in [2.75, 3.05) is 31.3 Å². The zero-order valence-electron chi connectivity index (χ0n) is 17.0. The van der Waals surface area contributed by atoms with E-state index in [4.69, 9.17) is 11.6 Å². The second kappa shape index (κ2) is 8.34. The van der Waals surface area contributed by atoms with Gasteiger partial charge in [-0.15, -0.1) is 0 Å². The number of benzene rings is 2. The topological polar surface area (TPSA) is 74.3 Å². The van der Waals surface area contributed by atoms with Crippen LogP contribution in [0.25, 0.3) is 10.2 Å². The van der Waals surface area contributed by atoms with Crippen LogP contribution in [0.4, 0.5) is 10.8 Å². The second-order valence-corrected chi connectivity index (χ2v) is 9.38. The number of rotatable bonds is 6. The largest absolute Gasteiger partial charge is 0.320 e. The summed E-state index contributed by atoms with van der Waals surface area (Å²) in [6.07, 6.45) is 0.917. The van der Waals surface area contributed by atoms with Gasteiger partial charge >= 0.3 is 0 Å². The van der Waals surface area contributed by atoms with Gasteiger partial charge in [-0.3, -0.25) is 9.59 Å². The molecule has 2 amide bonds. The van der Waals surface area contributed by atoms with E-state index in [2.05, 4.69) is 20.5 Å². The Morgan fingerprint density at radius 1 is 1.23 bits per heavy atom. The predicted molar refractivity (Wildman–Crippen MR) is 123 cm³/mol. The summed E-state index contributed by atoms with van der Waals surface area (Å²) < 4.78 is 0.842. The quantitative estimate of drug-likeness (QED) is 0.582. The van der Waals surface area contributed by atoms with Crippen molar-refractivity contribution in [2.24, 2.45) is 11.8 Å². The van der Waals surface area contributed by atoms with E-state index in [-0.39, 0.29) is 17.7 Å². The molecule has 0 unspecified atom stereocenters. The number of nitrogens with one attached hydrogen (secondary N) is 2. The van der Waals surface area contributed by atoms with Crippen LogP contribution in [0.5, 0.6) is 0 Å². The Bertz CT molecular complexity index is 1110. The van der Waals surface area contributed by atoms with Crippen LogP contribution in [-0.4, -0.2) is 42.3 Å². The molecule has 30 heavy (non-hydrogen) atoms. The Morgan fingerprint density at radius 3 is 2.77 bits per heavy atom. The average Bonchev–Trinajstić information content (AvgIpc) is 3.32. The van der Waals surface area contributed by atoms with Crippen LogP contribution in [0.1, 0.15) is 22.3 Å². The summed E-state index contributed by atoms with van der Waals surface area (Å²) in [6, 6.07) is 10.8. The van der Waals surface area contributed by atoms with Crippen LogP contribution in [0.15, 0.2) is 36.4 Å². The number of aromatic nitrogens is 1. The Morgan fingerprint density at radius 2 is 2.03 bits per heavy atom. The van der Waals surface area contributed by atoms with Crippen molar-refractivity contribution < 1.29 is 9.59 Å². The summed E-state index contributed by atoms with van der Waals surface area (Å²) in [4.78, 5) is 31.7. The molecule has 6 nitrogen and oxygen atoms in total. The lowest BCUT2D eigenvalue weighted by atomic mass is 10.1. The minimum atomic E-state index is -0.239. The van der Waals surface area contributed by atoms with Gasteiger partial charge in [0.05, 0.1) is 20.9 Å². The fourth-order valence-corrected chi connectivity index (χ4v) is 4.71. The summed E-state index contributed by atoms with van der Waals surface area (Å²) in [5.41, 5.74) is 2.77. The van der Waals surface area contributed by atoms with Crippen molar-refractivity contribution >= 4 is 55.8 Å². The lowest BCUT2D eigenvalue weighted by Crippen LogP contribution is -2.20. The van der Waals surface area contributed by atoms with E-state index < -0.39 is 0 Å². The monoisotopic (exact) mass is 442 g/mol. The number of amides is 2. The molecule has 3 aromatic rings. The number of carbonyl (C=O) groups excluding carboxylic acids is 2. The van der Waals surface area contributed by atoms with Gasteiger partial charge in [0, 0.05) is 18.0 Å². The number of anilines is 2. The number of hydrogen-bond donors (Lipinski definition) is 2. The van der Waals surface area contributed by atoms with Crippen molar-refractivity contribution in [3.8, 4) is 0 Å². The maximum Gasteiger partial charge on any atom is 0.255 e. The van der Waals surface area contributed by atoms with Crippen LogP contribution >= 0.6 is 22.9 Å². The van der Waals surface area contributed by atoms with Crippen molar-refractivity contribution in [2.45, 2.75) is 13.3 Å². The molecule has 1 aliphatic carbocycles. The molecule has 1 fully saturated rings. The molecule has 1 aliphatic rings. The molecular formula is C22H23ClN4O2S. The molecular weight excluding hydrogens is 420 g/mol. The predicted octanol–water partition coefficient (Wildman–Crippen LogP) is 4.65. The third-order valence-electron chi connectivity index (χ3n) is 5.20. The van der Waals surface area contributed by atoms with Gasteiger partial charge in [-0.05, 0) is 63.2 Å². The molecule has 1 saturated carbocycles. The number of hydrogen-bond acceptors (Lipinski definition) is 5. The number of aryl methyl sites for hydroxylation is 1. The normalized spacial score (nSPS) is 17.9. The lowest BCUT2D eigenvalue weighted by molar-refractivity contribution is -0.117. The summed E-state index contributed by atoms with van der Waals surface area (Å²) in [5.74, 6) is 0.252. The van der Waals surface area contributed by atoms with Crippen molar-refractivity contribution in [1.29, 1.82) is 0 Å². The van der Waals surface area contributed by atoms with E-state index in [0.29, 0.717) is 27.3 Å². The smallest absolute Gasteiger partial charge is 0.255 e. The molecule has 1 heterocycles. The number of fused-ring (bicyclic) bond motifs is 1. The standard InChI is InChI=1S/C22H23ClN4O2S/c1-12-5-4-6-16(23)19(12)25-20(28)13-7-8-17-18(10-13)30-22(24-17)26-21(29)15-9-14(15)11-27(2)3/h4-8,10,14-15H,9,11H2,1-3H3,(H,25,28)(H,24,26,29)/t14-,15+/m1/s1. The van der Waals surface area contributed by atoms with Gasteiger partial charge in [-0.25, -0.2) is 4.98 Å². The summed E-state index contributed by atoms with van der Waals surface area (Å²) >= 11 is 7.58. The third-order valence-corrected chi connectivity index (χ3v) is 6.45. The van der Waals surface area contributed by atoms with Crippen molar-refractivity contribution in [3.05, 3.63) is 52.5 Å². The first kappa shape index (κ1) is 20.8. The van der Waals surface area contributed by atoms with E-state index in [1.807, 2.05) is 33.2 Å². The molecule has 0 spiro atoms. The summed E-state index contributed by atoms with van der Waals surface area (Å²) in [6.45, 7) is 2.81. The fourth-order valence-electron chi connectivity index (χ4n) is 3.53. The highest BCUT2D eigenvalue weighted by Crippen LogP contribution is 2.40. The second-order valence-electron chi connectivity index (χ2n) is 7.94. The zero-order chi connectivity index (χ0) is 21.4. The molecule has 0 aliphatic heterocycles. The molecule has 2 aromatic carbocycles. The highest BCUT2D eigenvalue weighted by molar-refractivity contribution is 7.22. The van der Waals surface area contributed by atoms with Gasteiger partial charge in [0.2, 0.25) is 5.91 Å². The Hall–Kier alpha value is -2.48. The molecule has 0 bridgehead atoms. The van der Waals surface area contributed by atoms with Gasteiger partial charge in [0.1, 0.15) is 0 Å².